The lowest BCUT2D eigenvalue weighted by Gasteiger charge is -2.31. The highest BCUT2D eigenvalue weighted by Gasteiger charge is 2.30. The molecule has 0 bridgehead atoms. The summed E-state index contributed by atoms with van der Waals surface area (Å²) in [6.45, 7) is 0.871. The molecule has 1 atom stereocenters. The van der Waals surface area contributed by atoms with Gasteiger partial charge in [-0.15, -0.1) is 0 Å². The van der Waals surface area contributed by atoms with Crippen LogP contribution in [-0.2, 0) is 14.3 Å². The predicted octanol–water partition coefficient (Wildman–Crippen LogP) is 2.12. The number of hydrogen-bond donors (Lipinski definition) is 0. The van der Waals surface area contributed by atoms with E-state index in [1.807, 2.05) is 0 Å². The van der Waals surface area contributed by atoms with Gasteiger partial charge in [-0.3, -0.25) is 4.79 Å². The first kappa shape index (κ1) is 15.3. The third kappa shape index (κ3) is 3.31. The van der Waals surface area contributed by atoms with E-state index in [9.17, 15) is 9.59 Å². The van der Waals surface area contributed by atoms with Crippen molar-refractivity contribution < 1.29 is 19.1 Å². The van der Waals surface area contributed by atoms with Crippen molar-refractivity contribution in [3.63, 3.8) is 0 Å². The maximum Gasteiger partial charge on any atom is 0.336 e. The van der Waals surface area contributed by atoms with E-state index >= 15 is 0 Å². The molecule has 1 aliphatic rings. The molecule has 0 saturated carbocycles. The van der Waals surface area contributed by atoms with Gasteiger partial charge in [-0.05, 0) is 18.2 Å². The Morgan fingerprint density at radius 2 is 2.25 bits per heavy atom. The smallest absolute Gasteiger partial charge is 0.336 e. The van der Waals surface area contributed by atoms with Crippen molar-refractivity contribution in [2.45, 2.75) is 6.10 Å². The average Bonchev–Trinajstić information content (AvgIpc) is 2.46. The molecule has 0 N–H and O–H groups in total. The highest BCUT2D eigenvalue weighted by Crippen LogP contribution is 2.23. The summed E-state index contributed by atoms with van der Waals surface area (Å²) >= 11 is 9.36. The molecule has 1 aromatic rings. The summed E-state index contributed by atoms with van der Waals surface area (Å²) < 4.78 is 10.7. The summed E-state index contributed by atoms with van der Waals surface area (Å²) in [5, 5.41) is 0.366. The molecule has 108 valence electrons. The van der Waals surface area contributed by atoms with Crippen LogP contribution in [0.1, 0.15) is 10.4 Å². The summed E-state index contributed by atoms with van der Waals surface area (Å²) in [7, 11) is 1.29. The number of benzene rings is 1. The van der Waals surface area contributed by atoms with Crippen LogP contribution in [0.5, 0.6) is 0 Å². The van der Waals surface area contributed by atoms with Gasteiger partial charge < -0.3 is 14.4 Å². The normalized spacial score (nSPS) is 18.8. The van der Waals surface area contributed by atoms with Crippen LogP contribution in [0.3, 0.4) is 0 Å². The number of hydrogen-bond acceptors (Lipinski definition) is 4. The summed E-state index contributed by atoms with van der Waals surface area (Å²) in [6, 6.07) is 5.06. The molecule has 20 heavy (non-hydrogen) atoms. The minimum Gasteiger partial charge on any atom is -0.467 e. The van der Waals surface area contributed by atoms with Gasteiger partial charge in [0.15, 0.2) is 6.10 Å². The van der Waals surface area contributed by atoms with Crippen LogP contribution < -0.4 is 0 Å². The Morgan fingerprint density at radius 1 is 1.50 bits per heavy atom. The fraction of sp³-hybridized carbons (Fsp3) is 0.385. The van der Waals surface area contributed by atoms with Gasteiger partial charge in [-0.2, -0.15) is 0 Å². The molecule has 0 radical (unpaired) electrons. The second-order valence-electron chi connectivity index (χ2n) is 4.26. The molecule has 1 amide bonds. The standard InChI is InChI=1S/C13H13BrClNO4/c1-19-13(18)11-7-16(4-5-20-11)12(17)9-3-2-8(14)6-10(9)15/h2-3,6,11H,4-5,7H2,1H3. The fourth-order valence-corrected chi connectivity index (χ4v) is 2.70. The minimum atomic E-state index is -0.744. The van der Waals surface area contributed by atoms with Gasteiger partial charge in [-0.1, -0.05) is 27.5 Å². The molecule has 0 aliphatic carbocycles. The van der Waals surface area contributed by atoms with Crippen LogP contribution in [0.15, 0.2) is 22.7 Å². The second-order valence-corrected chi connectivity index (χ2v) is 5.58. The van der Waals surface area contributed by atoms with Crippen LogP contribution in [0.4, 0.5) is 0 Å². The molecule has 0 spiro atoms. The van der Waals surface area contributed by atoms with Crippen molar-refractivity contribution in [2.24, 2.45) is 0 Å². The second kappa shape index (κ2) is 6.56. The topological polar surface area (TPSA) is 55.8 Å². The molecule has 1 heterocycles. The summed E-state index contributed by atoms with van der Waals surface area (Å²) in [4.78, 5) is 25.4. The summed E-state index contributed by atoms with van der Waals surface area (Å²) in [6.07, 6.45) is -0.744. The maximum absolute atomic E-state index is 12.4. The van der Waals surface area contributed by atoms with Crippen molar-refractivity contribution in [1.29, 1.82) is 0 Å². The number of carbonyl (C=O) groups is 2. The third-order valence-electron chi connectivity index (χ3n) is 2.98. The quantitative estimate of drug-likeness (QED) is 0.756. The van der Waals surface area contributed by atoms with Crippen molar-refractivity contribution in [3.8, 4) is 0 Å². The monoisotopic (exact) mass is 361 g/mol. The van der Waals surface area contributed by atoms with Crippen molar-refractivity contribution in [1.82, 2.24) is 4.90 Å². The highest BCUT2D eigenvalue weighted by atomic mass is 79.9. The first-order valence-electron chi connectivity index (χ1n) is 5.96. The Hall–Kier alpha value is -1.11. The van der Waals surface area contributed by atoms with E-state index < -0.39 is 12.1 Å². The van der Waals surface area contributed by atoms with Crippen molar-refractivity contribution >= 4 is 39.4 Å². The molecule has 1 saturated heterocycles. The number of carbonyl (C=O) groups excluding carboxylic acids is 2. The first-order valence-corrected chi connectivity index (χ1v) is 7.13. The Kier molecular flexibility index (Phi) is 5.01. The zero-order chi connectivity index (χ0) is 14.7. The lowest BCUT2D eigenvalue weighted by molar-refractivity contribution is -0.158. The lowest BCUT2D eigenvalue weighted by Crippen LogP contribution is -2.48. The van der Waals surface area contributed by atoms with Crippen LogP contribution in [-0.4, -0.2) is 49.7 Å². The van der Waals surface area contributed by atoms with Gasteiger partial charge in [0.2, 0.25) is 0 Å². The zero-order valence-electron chi connectivity index (χ0n) is 10.8. The number of nitrogens with zero attached hydrogens (tertiary/aromatic N) is 1. The van der Waals surface area contributed by atoms with Gasteiger partial charge in [-0.25, -0.2) is 4.79 Å². The first-order chi connectivity index (χ1) is 9.52. The average molecular weight is 363 g/mol. The Morgan fingerprint density at radius 3 is 2.90 bits per heavy atom. The van der Waals surface area contributed by atoms with Crippen LogP contribution >= 0.6 is 27.5 Å². The van der Waals surface area contributed by atoms with Crippen molar-refractivity contribution in [2.75, 3.05) is 26.8 Å². The number of morpholine rings is 1. The van der Waals surface area contributed by atoms with Gasteiger partial charge in [0, 0.05) is 11.0 Å². The molecule has 1 aliphatic heterocycles. The van der Waals surface area contributed by atoms with Crippen LogP contribution in [0.25, 0.3) is 0 Å². The molecule has 1 aromatic carbocycles. The van der Waals surface area contributed by atoms with Gasteiger partial charge in [0.05, 0.1) is 30.8 Å². The maximum atomic E-state index is 12.4. The SMILES string of the molecule is COC(=O)C1CN(C(=O)c2ccc(Br)cc2Cl)CCO1. The molecule has 5 nitrogen and oxygen atoms in total. The van der Waals surface area contributed by atoms with Gasteiger partial charge in [0.25, 0.3) is 5.91 Å². The third-order valence-corrected chi connectivity index (χ3v) is 3.79. The minimum absolute atomic E-state index is 0.165. The van der Waals surface area contributed by atoms with E-state index in [1.54, 1.807) is 23.1 Å². The summed E-state index contributed by atoms with van der Waals surface area (Å²) in [5.74, 6) is -0.705. The van der Waals surface area contributed by atoms with E-state index in [1.165, 1.54) is 7.11 Å². The number of halogens is 2. The van der Waals surface area contributed by atoms with Crippen molar-refractivity contribution in [3.05, 3.63) is 33.3 Å². The highest BCUT2D eigenvalue weighted by molar-refractivity contribution is 9.10. The number of esters is 1. The van der Waals surface area contributed by atoms with Gasteiger partial charge >= 0.3 is 5.97 Å². The lowest BCUT2D eigenvalue weighted by atomic mass is 10.1. The van der Waals surface area contributed by atoms with E-state index in [-0.39, 0.29) is 12.5 Å². The molecule has 1 unspecified atom stereocenters. The zero-order valence-corrected chi connectivity index (χ0v) is 13.1. The Balaban J connectivity index is 2.14. The molecule has 0 aromatic heterocycles. The van der Waals surface area contributed by atoms with E-state index in [4.69, 9.17) is 16.3 Å². The molecule has 7 heteroatoms. The Bertz CT molecular complexity index is 537. The summed E-state index contributed by atoms with van der Waals surface area (Å²) in [5.41, 5.74) is 0.403. The predicted molar refractivity (Wildman–Crippen MR) is 76.8 cm³/mol. The molecular weight excluding hydrogens is 350 g/mol. The largest absolute Gasteiger partial charge is 0.467 e. The van der Waals surface area contributed by atoms with Crippen LogP contribution in [0, 0.1) is 0 Å². The van der Waals surface area contributed by atoms with E-state index in [2.05, 4.69) is 20.7 Å². The fourth-order valence-electron chi connectivity index (χ4n) is 1.94. The van der Waals surface area contributed by atoms with Gasteiger partial charge in [0.1, 0.15) is 0 Å². The van der Waals surface area contributed by atoms with Crippen LogP contribution in [0.2, 0.25) is 5.02 Å². The number of ether oxygens (including phenoxy) is 2. The van der Waals surface area contributed by atoms with E-state index in [0.717, 1.165) is 4.47 Å². The molecular formula is C13H13BrClNO4. The van der Waals surface area contributed by atoms with E-state index in [0.29, 0.717) is 23.7 Å². The molecule has 2 rings (SSSR count). The number of methoxy groups -OCH3 is 1. The number of rotatable bonds is 2. The Labute approximate surface area is 129 Å². The number of amides is 1. The molecule has 1 fully saturated rings.